The molecule has 0 heterocycles. The number of benzene rings is 2. The van der Waals surface area contributed by atoms with Crippen molar-refractivity contribution in [3.8, 4) is 0 Å². The van der Waals surface area contributed by atoms with Gasteiger partial charge in [0.25, 0.3) is 0 Å². The lowest BCUT2D eigenvalue weighted by molar-refractivity contribution is -0.116. The molecule has 0 fully saturated rings. The predicted octanol–water partition coefficient (Wildman–Crippen LogP) is 3.46. The fraction of sp³-hybridized carbons (Fsp3) is 0.316. The summed E-state index contributed by atoms with van der Waals surface area (Å²) in [6, 6.07) is 16.5. The Hall–Kier alpha value is -2.13. The minimum Gasteiger partial charge on any atom is -0.326 e. The van der Waals surface area contributed by atoms with Crippen molar-refractivity contribution in [2.45, 2.75) is 26.7 Å². The van der Waals surface area contributed by atoms with Gasteiger partial charge < -0.3 is 10.6 Å². The zero-order chi connectivity index (χ0) is 15.8. The first-order valence-electron chi connectivity index (χ1n) is 7.77. The maximum Gasteiger partial charge on any atom is 0.225 e. The van der Waals surface area contributed by atoms with Crippen molar-refractivity contribution in [2.24, 2.45) is 0 Å². The standard InChI is InChI=1S/C19H24N2O/c1-15-8-9-16(2)18(14-15)21-19(22)11-13-20-12-10-17-6-4-3-5-7-17/h3-9,14,20H,10-13H2,1-2H3,(H,21,22). The van der Waals surface area contributed by atoms with Crippen molar-refractivity contribution in [3.63, 3.8) is 0 Å². The van der Waals surface area contributed by atoms with Crippen LogP contribution in [-0.2, 0) is 11.2 Å². The van der Waals surface area contributed by atoms with Crippen molar-refractivity contribution in [1.82, 2.24) is 5.32 Å². The third kappa shape index (κ3) is 5.34. The fourth-order valence-electron chi connectivity index (χ4n) is 2.29. The highest BCUT2D eigenvalue weighted by atomic mass is 16.1. The molecular formula is C19H24N2O. The second-order valence-electron chi connectivity index (χ2n) is 5.60. The Morgan fingerprint density at radius 1 is 1.00 bits per heavy atom. The van der Waals surface area contributed by atoms with Gasteiger partial charge in [0, 0.05) is 18.7 Å². The van der Waals surface area contributed by atoms with E-state index < -0.39 is 0 Å². The molecule has 0 aliphatic carbocycles. The quantitative estimate of drug-likeness (QED) is 0.768. The van der Waals surface area contributed by atoms with E-state index in [-0.39, 0.29) is 5.91 Å². The van der Waals surface area contributed by atoms with Gasteiger partial charge >= 0.3 is 0 Å². The maximum absolute atomic E-state index is 12.0. The molecule has 0 unspecified atom stereocenters. The molecule has 0 aromatic heterocycles. The summed E-state index contributed by atoms with van der Waals surface area (Å²) in [7, 11) is 0. The van der Waals surface area contributed by atoms with Gasteiger partial charge in [0.2, 0.25) is 5.91 Å². The van der Waals surface area contributed by atoms with Crippen LogP contribution in [0.2, 0.25) is 0 Å². The van der Waals surface area contributed by atoms with Gasteiger partial charge in [-0.1, -0.05) is 42.5 Å². The van der Waals surface area contributed by atoms with Gasteiger partial charge in [-0.05, 0) is 49.6 Å². The van der Waals surface area contributed by atoms with Gasteiger partial charge in [-0.25, -0.2) is 0 Å². The Bertz CT molecular complexity index is 608. The fourth-order valence-corrected chi connectivity index (χ4v) is 2.29. The molecule has 1 amide bonds. The second-order valence-corrected chi connectivity index (χ2v) is 5.60. The smallest absolute Gasteiger partial charge is 0.225 e. The van der Waals surface area contributed by atoms with Crippen molar-refractivity contribution in [2.75, 3.05) is 18.4 Å². The van der Waals surface area contributed by atoms with Crippen molar-refractivity contribution in [1.29, 1.82) is 0 Å². The predicted molar refractivity (Wildman–Crippen MR) is 92.2 cm³/mol. The van der Waals surface area contributed by atoms with Crippen LogP contribution in [0.4, 0.5) is 5.69 Å². The van der Waals surface area contributed by atoms with E-state index in [0.717, 1.165) is 29.8 Å². The van der Waals surface area contributed by atoms with Crippen LogP contribution in [0, 0.1) is 13.8 Å². The Morgan fingerprint density at radius 3 is 2.55 bits per heavy atom. The van der Waals surface area contributed by atoms with E-state index in [1.54, 1.807) is 0 Å². The minimum absolute atomic E-state index is 0.0564. The van der Waals surface area contributed by atoms with Gasteiger partial charge in [-0.15, -0.1) is 0 Å². The summed E-state index contributed by atoms with van der Waals surface area (Å²) in [5.41, 5.74) is 4.47. The van der Waals surface area contributed by atoms with Crippen molar-refractivity contribution >= 4 is 11.6 Å². The number of hydrogen-bond acceptors (Lipinski definition) is 2. The molecule has 3 heteroatoms. The van der Waals surface area contributed by atoms with E-state index >= 15 is 0 Å². The van der Waals surface area contributed by atoms with Crippen LogP contribution in [0.1, 0.15) is 23.1 Å². The van der Waals surface area contributed by atoms with Gasteiger partial charge in [0.15, 0.2) is 0 Å². The molecule has 2 N–H and O–H groups in total. The van der Waals surface area contributed by atoms with E-state index in [0.29, 0.717) is 13.0 Å². The summed E-state index contributed by atoms with van der Waals surface area (Å²) >= 11 is 0. The number of aryl methyl sites for hydroxylation is 2. The highest BCUT2D eigenvalue weighted by molar-refractivity contribution is 5.91. The van der Waals surface area contributed by atoms with Crippen LogP contribution in [0.5, 0.6) is 0 Å². The highest BCUT2D eigenvalue weighted by Crippen LogP contribution is 2.16. The third-order valence-corrected chi connectivity index (χ3v) is 3.63. The SMILES string of the molecule is Cc1ccc(C)c(NC(=O)CCNCCc2ccccc2)c1. The molecule has 2 rings (SSSR count). The van der Waals surface area contributed by atoms with Crippen LogP contribution in [0.3, 0.4) is 0 Å². The Kier molecular flexibility index (Phi) is 6.16. The molecule has 0 bridgehead atoms. The normalized spacial score (nSPS) is 10.5. The van der Waals surface area contributed by atoms with Gasteiger partial charge in [0.05, 0.1) is 0 Å². The van der Waals surface area contributed by atoms with Crippen LogP contribution in [0.25, 0.3) is 0 Å². The summed E-state index contributed by atoms with van der Waals surface area (Å²) in [5.74, 6) is 0.0564. The number of amides is 1. The van der Waals surface area contributed by atoms with E-state index in [1.165, 1.54) is 5.56 Å². The van der Waals surface area contributed by atoms with Crippen molar-refractivity contribution in [3.05, 3.63) is 65.2 Å². The lowest BCUT2D eigenvalue weighted by Gasteiger charge is -2.10. The highest BCUT2D eigenvalue weighted by Gasteiger charge is 2.04. The summed E-state index contributed by atoms with van der Waals surface area (Å²) < 4.78 is 0. The number of carbonyl (C=O) groups excluding carboxylic acids is 1. The number of anilines is 1. The van der Waals surface area contributed by atoms with Crippen molar-refractivity contribution < 1.29 is 4.79 Å². The zero-order valence-electron chi connectivity index (χ0n) is 13.4. The minimum atomic E-state index is 0.0564. The third-order valence-electron chi connectivity index (χ3n) is 3.63. The molecule has 116 valence electrons. The summed E-state index contributed by atoms with van der Waals surface area (Å²) in [4.78, 5) is 12.0. The molecule has 22 heavy (non-hydrogen) atoms. The first-order valence-corrected chi connectivity index (χ1v) is 7.77. The Labute approximate surface area is 132 Å². The molecule has 0 spiro atoms. The van der Waals surface area contributed by atoms with E-state index in [9.17, 15) is 4.79 Å². The van der Waals surface area contributed by atoms with Crippen LogP contribution in [0.15, 0.2) is 48.5 Å². The Balaban J connectivity index is 1.66. The molecule has 3 nitrogen and oxygen atoms in total. The molecule has 2 aromatic rings. The molecule has 0 atom stereocenters. The molecule has 0 aliphatic rings. The Morgan fingerprint density at radius 2 is 1.77 bits per heavy atom. The molecular weight excluding hydrogens is 272 g/mol. The van der Waals surface area contributed by atoms with E-state index in [4.69, 9.17) is 0 Å². The van der Waals surface area contributed by atoms with E-state index in [2.05, 4.69) is 28.8 Å². The monoisotopic (exact) mass is 296 g/mol. The first-order chi connectivity index (χ1) is 10.6. The number of rotatable bonds is 7. The maximum atomic E-state index is 12.0. The summed E-state index contributed by atoms with van der Waals surface area (Å²) in [5, 5.41) is 6.30. The average molecular weight is 296 g/mol. The van der Waals surface area contributed by atoms with Crippen LogP contribution >= 0.6 is 0 Å². The van der Waals surface area contributed by atoms with Gasteiger partial charge in [0.1, 0.15) is 0 Å². The number of carbonyl (C=O) groups is 1. The topological polar surface area (TPSA) is 41.1 Å². The van der Waals surface area contributed by atoms with E-state index in [1.807, 2.05) is 44.2 Å². The average Bonchev–Trinajstić information content (AvgIpc) is 2.51. The summed E-state index contributed by atoms with van der Waals surface area (Å²) in [6.45, 7) is 5.62. The lowest BCUT2D eigenvalue weighted by Crippen LogP contribution is -2.23. The largest absolute Gasteiger partial charge is 0.326 e. The second kappa shape index (κ2) is 8.35. The van der Waals surface area contributed by atoms with Gasteiger partial charge in [-0.2, -0.15) is 0 Å². The molecule has 0 saturated carbocycles. The molecule has 0 saturated heterocycles. The molecule has 0 aliphatic heterocycles. The zero-order valence-corrected chi connectivity index (χ0v) is 13.4. The lowest BCUT2D eigenvalue weighted by atomic mass is 10.1. The number of hydrogen-bond donors (Lipinski definition) is 2. The van der Waals surface area contributed by atoms with Crippen LogP contribution < -0.4 is 10.6 Å². The van der Waals surface area contributed by atoms with Gasteiger partial charge in [-0.3, -0.25) is 4.79 Å². The van der Waals surface area contributed by atoms with Crippen LogP contribution in [-0.4, -0.2) is 19.0 Å². The molecule has 2 aromatic carbocycles. The molecule has 0 radical (unpaired) electrons. The summed E-state index contributed by atoms with van der Waals surface area (Å²) in [6.07, 6.45) is 1.47. The first kappa shape index (κ1) is 16.2. The number of nitrogens with one attached hydrogen (secondary N) is 2.